The van der Waals surface area contributed by atoms with Crippen LogP contribution in [0, 0.1) is 0 Å². The van der Waals surface area contributed by atoms with Gasteiger partial charge in [0.15, 0.2) is 0 Å². The molecule has 0 fully saturated rings. The minimum atomic E-state index is 0.805. The van der Waals surface area contributed by atoms with Crippen molar-refractivity contribution in [3.8, 4) is 0 Å². The van der Waals surface area contributed by atoms with Crippen LogP contribution in [0.2, 0.25) is 0 Å². The molecule has 0 N–H and O–H groups in total. The van der Waals surface area contributed by atoms with Gasteiger partial charge in [0, 0.05) is 6.42 Å². The fourth-order valence-corrected chi connectivity index (χ4v) is 2.40. The molecular formula is C20H19N3. The number of aliphatic imine (C=N–C) groups is 3. The largest absolute Gasteiger partial charge is 0.252 e. The van der Waals surface area contributed by atoms with Gasteiger partial charge in [-0.3, -0.25) is 9.98 Å². The van der Waals surface area contributed by atoms with E-state index >= 15 is 0 Å². The zero-order chi connectivity index (χ0) is 16.1. The SMILES string of the molecule is C/C(=N\c1ccccc1)C1=CCC(/C(C)=N/c2ccccc2)=N1. The molecule has 0 atom stereocenters. The van der Waals surface area contributed by atoms with Crippen molar-refractivity contribution in [1.82, 2.24) is 0 Å². The molecule has 0 aromatic heterocycles. The number of benzene rings is 2. The average molecular weight is 301 g/mol. The van der Waals surface area contributed by atoms with Gasteiger partial charge in [-0.25, -0.2) is 4.99 Å². The molecule has 2 aromatic carbocycles. The van der Waals surface area contributed by atoms with Gasteiger partial charge in [-0.05, 0) is 38.1 Å². The molecule has 0 aliphatic carbocycles. The highest BCUT2D eigenvalue weighted by molar-refractivity contribution is 6.43. The number of allylic oxidation sites excluding steroid dienone is 2. The van der Waals surface area contributed by atoms with Gasteiger partial charge < -0.3 is 0 Å². The lowest BCUT2D eigenvalue weighted by Crippen LogP contribution is -2.06. The Morgan fingerprint density at radius 1 is 0.783 bits per heavy atom. The molecule has 0 radical (unpaired) electrons. The number of hydrogen-bond acceptors (Lipinski definition) is 3. The van der Waals surface area contributed by atoms with Crippen molar-refractivity contribution < 1.29 is 0 Å². The summed E-state index contributed by atoms with van der Waals surface area (Å²) in [6, 6.07) is 19.9. The molecule has 0 bridgehead atoms. The molecule has 3 nitrogen and oxygen atoms in total. The second-order valence-electron chi connectivity index (χ2n) is 5.42. The van der Waals surface area contributed by atoms with Gasteiger partial charge in [-0.2, -0.15) is 0 Å². The smallest absolute Gasteiger partial charge is 0.0810 e. The normalized spacial score (nSPS) is 15.4. The van der Waals surface area contributed by atoms with Crippen LogP contribution >= 0.6 is 0 Å². The number of hydrogen-bond donors (Lipinski definition) is 0. The number of nitrogens with zero attached hydrogens (tertiary/aromatic N) is 3. The summed E-state index contributed by atoms with van der Waals surface area (Å²) < 4.78 is 0. The van der Waals surface area contributed by atoms with Crippen molar-refractivity contribution in [3.05, 3.63) is 72.4 Å². The van der Waals surface area contributed by atoms with E-state index in [4.69, 9.17) is 4.99 Å². The molecule has 114 valence electrons. The lowest BCUT2D eigenvalue weighted by atomic mass is 10.2. The van der Waals surface area contributed by atoms with E-state index in [0.717, 1.165) is 40.6 Å². The molecule has 2 aromatic rings. The molecule has 3 heteroatoms. The topological polar surface area (TPSA) is 37.1 Å². The molecule has 0 saturated carbocycles. The Balaban J connectivity index is 1.77. The van der Waals surface area contributed by atoms with E-state index in [1.165, 1.54) is 0 Å². The third-order valence-corrected chi connectivity index (χ3v) is 3.64. The summed E-state index contributed by atoms with van der Waals surface area (Å²) in [5.74, 6) is 0. The van der Waals surface area contributed by atoms with Gasteiger partial charge in [0.2, 0.25) is 0 Å². The summed E-state index contributed by atoms with van der Waals surface area (Å²) >= 11 is 0. The first-order valence-corrected chi connectivity index (χ1v) is 7.71. The van der Waals surface area contributed by atoms with Crippen molar-refractivity contribution in [3.63, 3.8) is 0 Å². The quantitative estimate of drug-likeness (QED) is 0.687. The molecule has 1 heterocycles. The lowest BCUT2D eigenvalue weighted by Gasteiger charge is -2.01. The Morgan fingerprint density at radius 2 is 1.30 bits per heavy atom. The predicted octanol–water partition coefficient (Wildman–Crippen LogP) is 5.30. The van der Waals surface area contributed by atoms with Gasteiger partial charge in [-0.1, -0.05) is 42.5 Å². The Bertz CT molecular complexity index is 797. The molecular weight excluding hydrogens is 282 g/mol. The second-order valence-corrected chi connectivity index (χ2v) is 5.42. The van der Waals surface area contributed by atoms with Crippen LogP contribution in [0.3, 0.4) is 0 Å². The summed E-state index contributed by atoms with van der Waals surface area (Å²) in [5.41, 5.74) is 5.73. The molecule has 1 aliphatic heterocycles. The van der Waals surface area contributed by atoms with E-state index in [1.54, 1.807) is 0 Å². The summed E-state index contributed by atoms with van der Waals surface area (Å²) in [6.45, 7) is 4.00. The van der Waals surface area contributed by atoms with Crippen LogP contribution in [0.1, 0.15) is 20.3 Å². The number of para-hydroxylation sites is 2. The summed E-state index contributed by atoms with van der Waals surface area (Å²) in [4.78, 5) is 13.9. The first-order chi connectivity index (χ1) is 11.2. The van der Waals surface area contributed by atoms with Crippen molar-refractivity contribution in [2.75, 3.05) is 0 Å². The highest BCUT2D eigenvalue weighted by Crippen LogP contribution is 2.19. The zero-order valence-corrected chi connectivity index (χ0v) is 13.4. The van der Waals surface area contributed by atoms with Crippen molar-refractivity contribution in [2.24, 2.45) is 15.0 Å². The van der Waals surface area contributed by atoms with Crippen LogP contribution in [-0.4, -0.2) is 17.1 Å². The third kappa shape index (κ3) is 3.89. The lowest BCUT2D eigenvalue weighted by molar-refractivity contribution is 1.41. The van der Waals surface area contributed by atoms with Crippen LogP contribution in [-0.2, 0) is 0 Å². The van der Waals surface area contributed by atoms with Gasteiger partial charge in [-0.15, -0.1) is 0 Å². The van der Waals surface area contributed by atoms with Crippen molar-refractivity contribution in [2.45, 2.75) is 20.3 Å². The molecule has 3 rings (SSSR count). The average Bonchev–Trinajstić information content (AvgIpc) is 3.07. The molecule has 0 amide bonds. The fourth-order valence-electron chi connectivity index (χ4n) is 2.40. The summed E-state index contributed by atoms with van der Waals surface area (Å²) in [6.07, 6.45) is 2.92. The van der Waals surface area contributed by atoms with Crippen LogP contribution in [0.15, 0.2) is 87.4 Å². The summed E-state index contributed by atoms with van der Waals surface area (Å²) in [7, 11) is 0. The Hall–Kier alpha value is -2.81. The van der Waals surface area contributed by atoms with Crippen LogP contribution < -0.4 is 0 Å². The van der Waals surface area contributed by atoms with Gasteiger partial charge in [0.25, 0.3) is 0 Å². The van der Waals surface area contributed by atoms with E-state index in [1.807, 2.05) is 74.5 Å². The van der Waals surface area contributed by atoms with Crippen molar-refractivity contribution in [1.29, 1.82) is 0 Å². The van der Waals surface area contributed by atoms with E-state index < -0.39 is 0 Å². The predicted molar refractivity (Wildman–Crippen MR) is 98.6 cm³/mol. The van der Waals surface area contributed by atoms with E-state index in [2.05, 4.69) is 16.1 Å². The Kier molecular flexibility index (Phi) is 4.57. The van der Waals surface area contributed by atoms with Crippen LogP contribution in [0.25, 0.3) is 0 Å². The summed E-state index contributed by atoms with van der Waals surface area (Å²) in [5, 5.41) is 0. The maximum Gasteiger partial charge on any atom is 0.0810 e. The molecule has 23 heavy (non-hydrogen) atoms. The highest BCUT2D eigenvalue weighted by atomic mass is 14.9. The molecule has 0 saturated heterocycles. The van der Waals surface area contributed by atoms with Gasteiger partial charge in [0.1, 0.15) is 0 Å². The second kappa shape index (κ2) is 6.97. The third-order valence-electron chi connectivity index (χ3n) is 3.64. The van der Waals surface area contributed by atoms with Crippen molar-refractivity contribution >= 4 is 28.5 Å². The minimum Gasteiger partial charge on any atom is -0.252 e. The van der Waals surface area contributed by atoms with E-state index in [0.29, 0.717) is 0 Å². The Morgan fingerprint density at radius 3 is 1.87 bits per heavy atom. The first-order valence-electron chi connectivity index (χ1n) is 7.71. The number of rotatable bonds is 4. The maximum absolute atomic E-state index is 4.70. The van der Waals surface area contributed by atoms with Gasteiger partial charge in [0.05, 0.1) is 34.2 Å². The Labute approximate surface area is 136 Å². The first kappa shape index (κ1) is 15.1. The van der Waals surface area contributed by atoms with Crippen LogP contribution in [0.4, 0.5) is 11.4 Å². The zero-order valence-electron chi connectivity index (χ0n) is 13.4. The van der Waals surface area contributed by atoms with E-state index in [9.17, 15) is 0 Å². The van der Waals surface area contributed by atoms with E-state index in [-0.39, 0.29) is 0 Å². The minimum absolute atomic E-state index is 0.805. The molecule has 1 aliphatic rings. The molecule has 0 unspecified atom stereocenters. The standard InChI is InChI=1S/C20H19N3/c1-15(21-17-9-5-3-6-10-17)19-13-14-20(23-19)16(2)22-18-11-7-4-8-12-18/h3-13H,14H2,1-2H3/b21-15+,22-16+. The fraction of sp³-hybridized carbons (Fsp3) is 0.150. The molecule has 0 spiro atoms. The maximum atomic E-state index is 4.70. The van der Waals surface area contributed by atoms with Crippen LogP contribution in [0.5, 0.6) is 0 Å². The monoisotopic (exact) mass is 301 g/mol. The van der Waals surface area contributed by atoms with Gasteiger partial charge >= 0.3 is 0 Å². The highest BCUT2D eigenvalue weighted by Gasteiger charge is 2.13.